The first kappa shape index (κ1) is 15.6. The number of piperidine rings is 1. The van der Waals surface area contributed by atoms with Crippen molar-refractivity contribution in [2.45, 2.75) is 32.2 Å². The van der Waals surface area contributed by atoms with E-state index >= 15 is 0 Å². The van der Waals surface area contributed by atoms with E-state index in [4.69, 9.17) is 17.3 Å². The number of primary amides is 1. The van der Waals surface area contributed by atoms with Gasteiger partial charge in [-0.2, -0.15) is 0 Å². The van der Waals surface area contributed by atoms with Crippen LogP contribution in [0.4, 0.5) is 5.69 Å². The molecule has 1 unspecified atom stereocenters. The molecule has 0 bridgehead atoms. The molecule has 0 aliphatic carbocycles. The van der Waals surface area contributed by atoms with Crippen molar-refractivity contribution in [3.63, 3.8) is 0 Å². The molecule has 22 heavy (non-hydrogen) atoms. The number of amides is 1. The number of halogens is 1. The van der Waals surface area contributed by atoms with Crippen molar-refractivity contribution >= 4 is 23.2 Å². The van der Waals surface area contributed by atoms with Gasteiger partial charge in [0, 0.05) is 42.5 Å². The standard InChI is InChI=1S/C17H24ClN3O/c18-15-6-3-7-16(21-9-1-2-10-21)14(15)12-20-8-4-5-13(11-20)17(19)22/h3,6-7,13H,1-2,4-5,8-12H2,(H2,19,22). The fourth-order valence-electron chi connectivity index (χ4n) is 3.61. The van der Waals surface area contributed by atoms with Crippen LogP contribution in [0.3, 0.4) is 0 Å². The zero-order valence-corrected chi connectivity index (χ0v) is 13.7. The Morgan fingerprint density at radius 1 is 1.23 bits per heavy atom. The number of benzene rings is 1. The largest absolute Gasteiger partial charge is 0.371 e. The van der Waals surface area contributed by atoms with Gasteiger partial charge in [0.05, 0.1) is 5.92 Å². The van der Waals surface area contributed by atoms with Crippen LogP contribution >= 0.6 is 11.6 Å². The van der Waals surface area contributed by atoms with Crippen LogP contribution < -0.4 is 10.6 Å². The third-order valence-electron chi connectivity index (χ3n) is 4.83. The fraction of sp³-hybridized carbons (Fsp3) is 0.588. The first-order valence-corrected chi connectivity index (χ1v) is 8.57. The fourth-order valence-corrected chi connectivity index (χ4v) is 3.84. The first-order chi connectivity index (χ1) is 10.6. The quantitative estimate of drug-likeness (QED) is 0.927. The molecule has 0 spiro atoms. The van der Waals surface area contributed by atoms with E-state index in [1.807, 2.05) is 12.1 Å². The first-order valence-electron chi connectivity index (χ1n) is 8.19. The summed E-state index contributed by atoms with van der Waals surface area (Å²) in [5, 5.41) is 0.825. The van der Waals surface area contributed by atoms with Crippen LogP contribution in [0.2, 0.25) is 5.02 Å². The van der Waals surface area contributed by atoms with Gasteiger partial charge in [0.25, 0.3) is 0 Å². The van der Waals surface area contributed by atoms with Crippen molar-refractivity contribution in [2.24, 2.45) is 11.7 Å². The van der Waals surface area contributed by atoms with E-state index < -0.39 is 0 Å². The van der Waals surface area contributed by atoms with Crippen LogP contribution in [0.15, 0.2) is 18.2 Å². The maximum Gasteiger partial charge on any atom is 0.221 e. The molecule has 1 aromatic rings. The molecule has 2 fully saturated rings. The van der Waals surface area contributed by atoms with Gasteiger partial charge in [0.15, 0.2) is 0 Å². The number of hydrogen-bond donors (Lipinski definition) is 1. The van der Waals surface area contributed by atoms with E-state index in [-0.39, 0.29) is 11.8 Å². The van der Waals surface area contributed by atoms with Gasteiger partial charge in [0.2, 0.25) is 5.91 Å². The number of rotatable bonds is 4. The van der Waals surface area contributed by atoms with Crippen LogP contribution in [0.25, 0.3) is 0 Å². The van der Waals surface area contributed by atoms with Crippen LogP contribution in [-0.4, -0.2) is 37.0 Å². The molecule has 0 aromatic heterocycles. The highest BCUT2D eigenvalue weighted by Crippen LogP contribution is 2.32. The smallest absolute Gasteiger partial charge is 0.221 e. The summed E-state index contributed by atoms with van der Waals surface area (Å²) < 4.78 is 0. The summed E-state index contributed by atoms with van der Waals surface area (Å²) in [6.07, 6.45) is 4.43. The third kappa shape index (κ3) is 3.39. The molecular weight excluding hydrogens is 298 g/mol. The van der Waals surface area contributed by atoms with Crippen LogP contribution in [-0.2, 0) is 11.3 Å². The van der Waals surface area contributed by atoms with Crippen molar-refractivity contribution in [3.8, 4) is 0 Å². The van der Waals surface area contributed by atoms with Crippen LogP contribution in [0, 0.1) is 5.92 Å². The Kier molecular flexibility index (Phi) is 4.89. The SMILES string of the molecule is NC(=O)C1CCCN(Cc2c(Cl)cccc2N2CCCC2)C1. The summed E-state index contributed by atoms with van der Waals surface area (Å²) in [7, 11) is 0. The highest BCUT2D eigenvalue weighted by atomic mass is 35.5. The molecule has 4 nitrogen and oxygen atoms in total. The summed E-state index contributed by atoms with van der Waals surface area (Å²) in [6, 6.07) is 6.16. The highest BCUT2D eigenvalue weighted by molar-refractivity contribution is 6.31. The maximum atomic E-state index is 11.5. The van der Waals surface area contributed by atoms with Gasteiger partial charge in [-0.1, -0.05) is 17.7 Å². The lowest BCUT2D eigenvalue weighted by molar-refractivity contribution is -0.123. The zero-order valence-electron chi connectivity index (χ0n) is 12.9. The Labute approximate surface area is 137 Å². The lowest BCUT2D eigenvalue weighted by Gasteiger charge is -2.33. The maximum absolute atomic E-state index is 11.5. The Morgan fingerprint density at radius 3 is 2.73 bits per heavy atom. The van der Waals surface area contributed by atoms with Crippen LogP contribution in [0.1, 0.15) is 31.2 Å². The molecule has 1 amide bonds. The third-order valence-corrected chi connectivity index (χ3v) is 5.18. The molecule has 2 aliphatic heterocycles. The van der Waals surface area contributed by atoms with Crippen molar-refractivity contribution in [1.29, 1.82) is 0 Å². The summed E-state index contributed by atoms with van der Waals surface area (Å²) in [5.41, 5.74) is 7.93. The topological polar surface area (TPSA) is 49.6 Å². The van der Waals surface area contributed by atoms with E-state index in [1.165, 1.54) is 24.1 Å². The molecule has 0 radical (unpaired) electrons. The summed E-state index contributed by atoms with van der Waals surface area (Å²) in [5.74, 6) is -0.199. The molecule has 2 aliphatic rings. The van der Waals surface area contributed by atoms with Gasteiger partial charge in [0.1, 0.15) is 0 Å². The normalized spacial score (nSPS) is 23.0. The number of nitrogens with two attached hydrogens (primary N) is 1. The average Bonchev–Trinajstić information content (AvgIpc) is 3.04. The number of hydrogen-bond acceptors (Lipinski definition) is 3. The van der Waals surface area contributed by atoms with Crippen molar-refractivity contribution < 1.29 is 4.79 Å². The minimum absolute atomic E-state index is 0.0218. The minimum atomic E-state index is -0.177. The number of carbonyl (C=O) groups is 1. The Balaban J connectivity index is 1.77. The molecule has 0 saturated carbocycles. The number of carbonyl (C=O) groups excluding carboxylic acids is 1. The molecule has 3 rings (SSSR count). The van der Waals surface area contributed by atoms with Crippen LogP contribution in [0.5, 0.6) is 0 Å². The molecule has 2 N–H and O–H groups in total. The van der Waals surface area contributed by atoms with Gasteiger partial charge >= 0.3 is 0 Å². The average molecular weight is 322 g/mol. The van der Waals surface area contributed by atoms with Crippen molar-refractivity contribution in [3.05, 3.63) is 28.8 Å². The second-order valence-corrected chi connectivity index (χ2v) is 6.82. The van der Waals surface area contributed by atoms with Crippen molar-refractivity contribution in [2.75, 3.05) is 31.1 Å². The molecule has 120 valence electrons. The Morgan fingerprint density at radius 2 is 2.00 bits per heavy atom. The molecule has 2 heterocycles. The summed E-state index contributed by atoms with van der Waals surface area (Å²) >= 11 is 6.48. The summed E-state index contributed by atoms with van der Waals surface area (Å²) in [4.78, 5) is 16.2. The molecule has 1 atom stereocenters. The molecule has 5 heteroatoms. The Bertz CT molecular complexity index is 543. The second-order valence-electron chi connectivity index (χ2n) is 6.41. The van der Waals surface area contributed by atoms with Gasteiger partial charge in [-0.25, -0.2) is 0 Å². The van der Waals surface area contributed by atoms with Gasteiger partial charge in [-0.05, 0) is 44.4 Å². The number of likely N-dealkylation sites (tertiary alicyclic amines) is 1. The van der Waals surface area contributed by atoms with E-state index in [9.17, 15) is 4.79 Å². The van der Waals surface area contributed by atoms with Gasteiger partial charge in [-0.15, -0.1) is 0 Å². The van der Waals surface area contributed by atoms with E-state index in [2.05, 4.69) is 15.9 Å². The zero-order chi connectivity index (χ0) is 15.5. The number of anilines is 1. The molecule has 1 aromatic carbocycles. The Hall–Kier alpha value is -1.26. The molecular formula is C17H24ClN3O. The van der Waals surface area contributed by atoms with E-state index in [0.29, 0.717) is 0 Å². The molecule has 2 saturated heterocycles. The highest BCUT2D eigenvalue weighted by Gasteiger charge is 2.26. The van der Waals surface area contributed by atoms with Gasteiger partial charge < -0.3 is 10.6 Å². The summed E-state index contributed by atoms with van der Waals surface area (Å²) in [6.45, 7) is 4.78. The van der Waals surface area contributed by atoms with E-state index in [0.717, 1.165) is 50.6 Å². The monoisotopic (exact) mass is 321 g/mol. The van der Waals surface area contributed by atoms with Crippen molar-refractivity contribution in [1.82, 2.24) is 4.90 Å². The number of nitrogens with zero attached hydrogens (tertiary/aromatic N) is 2. The lowest BCUT2D eigenvalue weighted by Crippen LogP contribution is -2.40. The minimum Gasteiger partial charge on any atom is -0.371 e. The van der Waals surface area contributed by atoms with E-state index in [1.54, 1.807) is 0 Å². The van der Waals surface area contributed by atoms with Gasteiger partial charge in [-0.3, -0.25) is 9.69 Å². The predicted octanol–water partition coefficient (Wildman–Crippen LogP) is 2.64. The second kappa shape index (κ2) is 6.88. The predicted molar refractivity (Wildman–Crippen MR) is 90.1 cm³/mol. The lowest BCUT2D eigenvalue weighted by atomic mass is 9.97.